The number of carbonyl (C=O) groups excluding carboxylic acids is 1. The number of nitrogens with one attached hydrogen (secondary N) is 1. The maximum atomic E-state index is 11.9. The molecule has 86 valence electrons. The van der Waals surface area contributed by atoms with E-state index in [1.54, 1.807) is 0 Å². The maximum Gasteiger partial charge on any atom is 0.228 e. The van der Waals surface area contributed by atoms with Gasteiger partial charge in [-0.2, -0.15) is 0 Å². The molecule has 1 heterocycles. The minimum Gasteiger partial charge on any atom is -0.325 e. The fourth-order valence-electron chi connectivity index (χ4n) is 2.48. The van der Waals surface area contributed by atoms with Crippen LogP contribution in [0.3, 0.4) is 0 Å². The number of fused-ring (bicyclic) bond motifs is 1. The fraction of sp³-hybridized carbons (Fsp3) is 0.500. The number of amides is 1. The molecule has 1 aromatic rings. The summed E-state index contributed by atoms with van der Waals surface area (Å²) in [5, 5.41) is 3.05. The minimum atomic E-state index is 0.119. The Balaban J connectivity index is 2.43. The molecule has 0 aliphatic carbocycles. The van der Waals surface area contributed by atoms with Gasteiger partial charge in [0.2, 0.25) is 5.91 Å². The lowest BCUT2D eigenvalue weighted by atomic mass is 9.84. The Morgan fingerprint density at radius 3 is 2.62 bits per heavy atom. The van der Waals surface area contributed by atoms with Gasteiger partial charge in [-0.3, -0.25) is 4.79 Å². The second-order valence-corrected chi connectivity index (χ2v) is 5.16. The van der Waals surface area contributed by atoms with Crippen molar-refractivity contribution in [2.45, 2.75) is 34.1 Å². The molecule has 2 heteroatoms. The van der Waals surface area contributed by atoms with Crippen LogP contribution in [0.25, 0.3) is 0 Å². The van der Waals surface area contributed by atoms with Crippen molar-refractivity contribution >= 4 is 11.6 Å². The van der Waals surface area contributed by atoms with E-state index in [1.807, 2.05) is 0 Å². The molecule has 0 spiro atoms. The van der Waals surface area contributed by atoms with E-state index in [0.717, 1.165) is 12.1 Å². The summed E-state index contributed by atoms with van der Waals surface area (Å²) in [6, 6.07) is 4.31. The molecule has 1 aliphatic heterocycles. The lowest BCUT2D eigenvalue weighted by molar-refractivity contribution is -0.121. The van der Waals surface area contributed by atoms with Crippen molar-refractivity contribution in [1.29, 1.82) is 0 Å². The summed E-state index contributed by atoms with van der Waals surface area (Å²) in [7, 11) is 0. The highest BCUT2D eigenvalue weighted by Crippen LogP contribution is 2.32. The Morgan fingerprint density at radius 1 is 1.31 bits per heavy atom. The van der Waals surface area contributed by atoms with Crippen LogP contribution in [0, 0.1) is 25.7 Å². The maximum absolute atomic E-state index is 11.9. The lowest BCUT2D eigenvalue weighted by Gasteiger charge is -2.28. The second kappa shape index (κ2) is 3.93. The summed E-state index contributed by atoms with van der Waals surface area (Å²) in [4.78, 5) is 11.9. The van der Waals surface area contributed by atoms with Crippen molar-refractivity contribution in [3.05, 3.63) is 28.8 Å². The monoisotopic (exact) mass is 217 g/mol. The Kier molecular flexibility index (Phi) is 2.75. The van der Waals surface area contributed by atoms with Crippen molar-refractivity contribution in [2.24, 2.45) is 11.8 Å². The van der Waals surface area contributed by atoms with Gasteiger partial charge in [-0.25, -0.2) is 0 Å². The highest BCUT2D eigenvalue weighted by molar-refractivity contribution is 5.96. The first-order valence-electron chi connectivity index (χ1n) is 5.90. The van der Waals surface area contributed by atoms with Crippen LogP contribution in [0.5, 0.6) is 0 Å². The first-order valence-corrected chi connectivity index (χ1v) is 5.90. The van der Waals surface area contributed by atoms with Gasteiger partial charge in [0.1, 0.15) is 0 Å². The molecular weight excluding hydrogens is 198 g/mol. The smallest absolute Gasteiger partial charge is 0.228 e. The standard InChI is InChI=1S/C14H19NO/c1-8(2)12-7-11-6-9(3)5-10(4)13(11)15-14(12)16/h5-6,8,12H,7H2,1-4H3,(H,15,16). The van der Waals surface area contributed by atoms with Crippen LogP contribution in [0.1, 0.15) is 30.5 Å². The number of anilines is 1. The van der Waals surface area contributed by atoms with E-state index < -0.39 is 0 Å². The first kappa shape index (κ1) is 11.2. The van der Waals surface area contributed by atoms with Crippen molar-refractivity contribution in [3.63, 3.8) is 0 Å². The summed E-state index contributed by atoms with van der Waals surface area (Å²) < 4.78 is 0. The minimum absolute atomic E-state index is 0.119. The van der Waals surface area contributed by atoms with Crippen LogP contribution in [0.15, 0.2) is 12.1 Å². The van der Waals surface area contributed by atoms with Gasteiger partial charge in [-0.1, -0.05) is 31.5 Å². The van der Waals surface area contributed by atoms with Crippen molar-refractivity contribution in [3.8, 4) is 0 Å². The topological polar surface area (TPSA) is 29.1 Å². The lowest BCUT2D eigenvalue weighted by Crippen LogP contribution is -2.33. The summed E-state index contributed by atoms with van der Waals surface area (Å²) in [6.45, 7) is 8.38. The molecule has 1 unspecified atom stereocenters. The van der Waals surface area contributed by atoms with E-state index in [9.17, 15) is 4.79 Å². The van der Waals surface area contributed by atoms with Crippen molar-refractivity contribution < 1.29 is 4.79 Å². The third kappa shape index (κ3) is 1.84. The second-order valence-electron chi connectivity index (χ2n) is 5.16. The van der Waals surface area contributed by atoms with Crippen LogP contribution in [0.4, 0.5) is 5.69 Å². The number of hydrogen-bond donors (Lipinski definition) is 1. The zero-order valence-corrected chi connectivity index (χ0v) is 10.4. The van der Waals surface area contributed by atoms with Crippen LogP contribution in [-0.4, -0.2) is 5.91 Å². The van der Waals surface area contributed by atoms with Crippen LogP contribution in [-0.2, 0) is 11.2 Å². The summed E-state index contributed by atoms with van der Waals surface area (Å²) in [6.07, 6.45) is 0.876. The third-order valence-electron chi connectivity index (χ3n) is 3.39. The number of carbonyl (C=O) groups is 1. The Labute approximate surface area is 97.1 Å². The van der Waals surface area contributed by atoms with Gasteiger partial charge in [-0.05, 0) is 37.3 Å². The summed E-state index contributed by atoms with van der Waals surface area (Å²) in [5.41, 5.74) is 4.77. The average Bonchev–Trinajstić information content (AvgIpc) is 2.18. The molecule has 1 atom stereocenters. The van der Waals surface area contributed by atoms with Gasteiger partial charge < -0.3 is 5.32 Å². The molecule has 1 aromatic carbocycles. The van der Waals surface area contributed by atoms with Crippen LogP contribution >= 0.6 is 0 Å². The van der Waals surface area contributed by atoms with Gasteiger partial charge in [0.15, 0.2) is 0 Å². The highest BCUT2D eigenvalue weighted by atomic mass is 16.1. The predicted molar refractivity (Wildman–Crippen MR) is 66.6 cm³/mol. The van der Waals surface area contributed by atoms with Crippen LogP contribution in [0.2, 0.25) is 0 Å². The van der Waals surface area contributed by atoms with E-state index >= 15 is 0 Å². The predicted octanol–water partition coefficient (Wildman–Crippen LogP) is 3.07. The molecule has 1 N–H and O–H groups in total. The third-order valence-corrected chi connectivity index (χ3v) is 3.39. The van der Waals surface area contributed by atoms with Gasteiger partial charge in [0.05, 0.1) is 0 Å². The molecule has 0 bridgehead atoms. The molecule has 0 radical (unpaired) electrons. The van der Waals surface area contributed by atoms with Crippen LogP contribution < -0.4 is 5.32 Å². The Morgan fingerprint density at radius 2 is 2.00 bits per heavy atom. The number of hydrogen-bond acceptors (Lipinski definition) is 1. The molecule has 16 heavy (non-hydrogen) atoms. The molecular formula is C14H19NO. The molecule has 0 saturated carbocycles. The van der Waals surface area contributed by atoms with E-state index in [-0.39, 0.29) is 11.8 Å². The van der Waals surface area contributed by atoms with E-state index in [1.165, 1.54) is 16.7 Å². The highest BCUT2D eigenvalue weighted by Gasteiger charge is 2.29. The fourth-order valence-corrected chi connectivity index (χ4v) is 2.48. The Hall–Kier alpha value is -1.31. The molecule has 0 saturated heterocycles. The van der Waals surface area contributed by atoms with E-state index in [4.69, 9.17) is 0 Å². The molecule has 2 rings (SSSR count). The molecule has 1 amide bonds. The van der Waals surface area contributed by atoms with Gasteiger partial charge >= 0.3 is 0 Å². The van der Waals surface area contributed by atoms with Gasteiger partial charge in [0.25, 0.3) is 0 Å². The first-order chi connectivity index (χ1) is 7.49. The molecule has 0 fully saturated rings. The van der Waals surface area contributed by atoms with Crippen molar-refractivity contribution in [2.75, 3.05) is 5.32 Å². The normalized spacial score (nSPS) is 19.6. The summed E-state index contributed by atoms with van der Waals surface area (Å²) in [5.74, 6) is 0.692. The van der Waals surface area contributed by atoms with Gasteiger partial charge in [0, 0.05) is 11.6 Å². The van der Waals surface area contributed by atoms with E-state index in [0.29, 0.717) is 5.92 Å². The zero-order valence-electron chi connectivity index (χ0n) is 10.4. The molecule has 0 aromatic heterocycles. The number of benzene rings is 1. The molecule has 2 nitrogen and oxygen atoms in total. The zero-order chi connectivity index (χ0) is 11.9. The van der Waals surface area contributed by atoms with E-state index in [2.05, 4.69) is 45.1 Å². The SMILES string of the molecule is Cc1cc(C)c2c(c1)CC(C(C)C)C(=O)N2. The summed E-state index contributed by atoms with van der Waals surface area (Å²) >= 11 is 0. The average molecular weight is 217 g/mol. The molecule has 1 aliphatic rings. The Bertz CT molecular complexity index is 435. The number of rotatable bonds is 1. The largest absolute Gasteiger partial charge is 0.325 e. The van der Waals surface area contributed by atoms with Crippen molar-refractivity contribution in [1.82, 2.24) is 0 Å². The van der Waals surface area contributed by atoms with Gasteiger partial charge in [-0.15, -0.1) is 0 Å². The quantitative estimate of drug-likeness (QED) is 0.769. The number of aryl methyl sites for hydroxylation is 2.